The zero-order chi connectivity index (χ0) is 17.8. The Hall–Kier alpha value is -2.69. The zero-order valence-electron chi connectivity index (χ0n) is 15.3. The van der Waals surface area contributed by atoms with E-state index in [4.69, 9.17) is 4.98 Å². The van der Waals surface area contributed by atoms with E-state index in [2.05, 4.69) is 69.0 Å². The van der Waals surface area contributed by atoms with Gasteiger partial charge in [0.05, 0.1) is 0 Å². The lowest BCUT2D eigenvalue weighted by Gasteiger charge is -2.33. The summed E-state index contributed by atoms with van der Waals surface area (Å²) in [6.07, 6.45) is 8.99. The van der Waals surface area contributed by atoms with Gasteiger partial charge in [-0.25, -0.2) is 15.0 Å². The molecule has 0 amide bonds. The van der Waals surface area contributed by atoms with Gasteiger partial charge in [0.25, 0.3) is 0 Å². The molecule has 5 heteroatoms. The first kappa shape index (κ1) is 16.8. The summed E-state index contributed by atoms with van der Waals surface area (Å²) in [7, 11) is 0. The van der Waals surface area contributed by atoms with E-state index in [1.165, 1.54) is 17.8 Å². The Morgan fingerprint density at radius 3 is 2.85 bits per heavy atom. The van der Waals surface area contributed by atoms with Gasteiger partial charge in [0.2, 0.25) is 0 Å². The minimum absolute atomic E-state index is 0.433. The molecule has 2 aromatic heterocycles. The fraction of sp³-hybridized carbons (Fsp3) is 0.381. The van der Waals surface area contributed by atoms with Crippen LogP contribution in [-0.2, 0) is 13.0 Å². The van der Waals surface area contributed by atoms with Gasteiger partial charge >= 0.3 is 0 Å². The van der Waals surface area contributed by atoms with Gasteiger partial charge in [-0.1, -0.05) is 37.3 Å². The molecule has 1 fully saturated rings. The van der Waals surface area contributed by atoms with E-state index in [0.29, 0.717) is 5.92 Å². The van der Waals surface area contributed by atoms with Gasteiger partial charge in [0.1, 0.15) is 18.0 Å². The number of imidazole rings is 1. The Morgan fingerprint density at radius 1 is 1.12 bits per heavy atom. The van der Waals surface area contributed by atoms with Gasteiger partial charge in [0.15, 0.2) is 0 Å². The Kier molecular flexibility index (Phi) is 4.95. The predicted octanol–water partition coefficient (Wildman–Crippen LogP) is 3.67. The number of anilines is 1. The molecule has 3 aromatic rings. The second-order valence-corrected chi connectivity index (χ2v) is 6.91. The molecular formula is C21H25N5. The van der Waals surface area contributed by atoms with Crippen molar-refractivity contribution < 1.29 is 0 Å². The van der Waals surface area contributed by atoms with Crippen LogP contribution in [0, 0.1) is 0 Å². The first-order valence-electron chi connectivity index (χ1n) is 9.44. The molecule has 5 nitrogen and oxygen atoms in total. The molecule has 0 saturated carbocycles. The molecule has 0 N–H and O–H groups in total. The molecular weight excluding hydrogens is 322 g/mol. The van der Waals surface area contributed by atoms with Crippen LogP contribution < -0.4 is 4.90 Å². The van der Waals surface area contributed by atoms with Crippen molar-refractivity contribution in [1.82, 2.24) is 19.5 Å². The number of aryl methyl sites for hydroxylation is 1. The standard InChI is InChI=1S/C21H25N5/c1-2-19-13-20(24-16-23-19)25-11-6-9-18(15-25)21-22-10-12-26(21)14-17-7-4-3-5-8-17/h3-5,7-8,10,12-13,16,18H,2,6,9,11,14-15H2,1H3/t18-/m0/s1. The fourth-order valence-corrected chi connectivity index (χ4v) is 3.74. The van der Waals surface area contributed by atoms with Crippen molar-refractivity contribution in [1.29, 1.82) is 0 Å². The van der Waals surface area contributed by atoms with E-state index in [-0.39, 0.29) is 0 Å². The van der Waals surface area contributed by atoms with Gasteiger partial charge in [-0.15, -0.1) is 0 Å². The van der Waals surface area contributed by atoms with Crippen LogP contribution in [0.25, 0.3) is 0 Å². The van der Waals surface area contributed by atoms with Crippen molar-refractivity contribution >= 4 is 5.82 Å². The lowest BCUT2D eigenvalue weighted by Crippen LogP contribution is -2.36. The highest BCUT2D eigenvalue weighted by atomic mass is 15.2. The summed E-state index contributed by atoms with van der Waals surface area (Å²) in [6, 6.07) is 12.7. The van der Waals surface area contributed by atoms with Gasteiger partial charge in [0, 0.05) is 49.7 Å². The molecule has 0 unspecified atom stereocenters. The SMILES string of the molecule is CCc1cc(N2CCC[C@H](c3nccn3Cc3ccccc3)C2)ncn1. The van der Waals surface area contributed by atoms with E-state index in [0.717, 1.165) is 44.0 Å². The first-order chi connectivity index (χ1) is 12.8. The third kappa shape index (κ3) is 3.62. The molecule has 3 heterocycles. The largest absolute Gasteiger partial charge is 0.356 e. The Balaban J connectivity index is 1.52. The van der Waals surface area contributed by atoms with Crippen molar-refractivity contribution in [3.05, 3.63) is 72.2 Å². The highest BCUT2D eigenvalue weighted by Crippen LogP contribution is 2.28. The summed E-state index contributed by atoms with van der Waals surface area (Å²) < 4.78 is 2.29. The fourth-order valence-electron chi connectivity index (χ4n) is 3.74. The number of hydrogen-bond acceptors (Lipinski definition) is 4. The molecule has 1 aromatic carbocycles. The van der Waals surface area contributed by atoms with E-state index in [1.54, 1.807) is 6.33 Å². The van der Waals surface area contributed by atoms with Crippen LogP contribution in [0.4, 0.5) is 5.82 Å². The molecule has 1 aliphatic rings. The normalized spacial score (nSPS) is 17.4. The van der Waals surface area contributed by atoms with Crippen LogP contribution in [0.3, 0.4) is 0 Å². The first-order valence-corrected chi connectivity index (χ1v) is 9.44. The monoisotopic (exact) mass is 347 g/mol. The van der Waals surface area contributed by atoms with Gasteiger partial charge in [-0.3, -0.25) is 0 Å². The molecule has 134 valence electrons. The minimum Gasteiger partial charge on any atom is -0.356 e. The molecule has 26 heavy (non-hydrogen) atoms. The van der Waals surface area contributed by atoms with E-state index >= 15 is 0 Å². The second-order valence-electron chi connectivity index (χ2n) is 6.91. The van der Waals surface area contributed by atoms with Crippen LogP contribution in [0.2, 0.25) is 0 Å². The second kappa shape index (κ2) is 7.68. The quantitative estimate of drug-likeness (QED) is 0.706. The number of benzene rings is 1. The molecule has 0 bridgehead atoms. The van der Waals surface area contributed by atoms with Crippen LogP contribution in [-0.4, -0.2) is 32.6 Å². The Bertz CT molecular complexity index is 842. The number of piperidine rings is 1. The van der Waals surface area contributed by atoms with E-state index < -0.39 is 0 Å². The lowest BCUT2D eigenvalue weighted by atomic mass is 9.97. The molecule has 4 rings (SSSR count). The Labute approximate surface area is 154 Å². The van der Waals surface area contributed by atoms with Gasteiger partial charge < -0.3 is 9.47 Å². The van der Waals surface area contributed by atoms with Crippen molar-refractivity contribution in [3.8, 4) is 0 Å². The van der Waals surface area contributed by atoms with Crippen LogP contribution in [0.5, 0.6) is 0 Å². The van der Waals surface area contributed by atoms with Crippen LogP contribution in [0.15, 0.2) is 55.1 Å². The Morgan fingerprint density at radius 2 is 2.00 bits per heavy atom. The summed E-state index contributed by atoms with van der Waals surface area (Å²) >= 11 is 0. The molecule has 0 radical (unpaired) electrons. The van der Waals surface area contributed by atoms with Crippen molar-refractivity contribution in [2.75, 3.05) is 18.0 Å². The van der Waals surface area contributed by atoms with Crippen LogP contribution >= 0.6 is 0 Å². The summed E-state index contributed by atoms with van der Waals surface area (Å²) in [6.45, 7) is 5.02. The molecule has 1 atom stereocenters. The predicted molar refractivity (Wildman–Crippen MR) is 103 cm³/mol. The third-order valence-electron chi connectivity index (χ3n) is 5.13. The molecule has 0 aliphatic carbocycles. The van der Waals surface area contributed by atoms with Gasteiger partial charge in [-0.05, 0) is 24.8 Å². The van der Waals surface area contributed by atoms with Crippen molar-refractivity contribution in [3.63, 3.8) is 0 Å². The molecule has 0 spiro atoms. The third-order valence-corrected chi connectivity index (χ3v) is 5.13. The van der Waals surface area contributed by atoms with Crippen molar-refractivity contribution in [2.24, 2.45) is 0 Å². The summed E-state index contributed by atoms with van der Waals surface area (Å²) in [5.41, 5.74) is 2.41. The molecule has 1 aliphatic heterocycles. The number of aromatic nitrogens is 4. The maximum Gasteiger partial charge on any atom is 0.132 e. The van der Waals surface area contributed by atoms with Crippen LogP contribution in [0.1, 0.15) is 42.8 Å². The smallest absolute Gasteiger partial charge is 0.132 e. The number of nitrogens with zero attached hydrogens (tertiary/aromatic N) is 5. The highest BCUT2D eigenvalue weighted by molar-refractivity contribution is 5.40. The van der Waals surface area contributed by atoms with Crippen molar-refractivity contribution in [2.45, 2.75) is 38.6 Å². The number of hydrogen-bond donors (Lipinski definition) is 0. The lowest BCUT2D eigenvalue weighted by molar-refractivity contribution is 0.474. The van der Waals surface area contributed by atoms with Gasteiger partial charge in [-0.2, -0.15) is 0 Å². The summed E-state index contributed by atoms with van der Waals surface area (Å²) in [4.78, 5) is 15.9. The maximum absolute atomic E-state index is 4.70. The average molecular weight is 347 g/mol. The summed E-state index contributed by atoms with van der Waals surface area (Å²) in [5, 5.41) is 0. The number of rotatable bonds is 5. The topological polar surface area (TPSA) is 46.8 Å². The zero-order valence-corrected chi connectivity index (χ0v) is 15.3. The highest BCUT2D eigenvalue weighted by Gasteiger charge is 2.25. The maximum atomic E-state index is 4.70. The van der Waals surface area contributed by atoms with E-state index in [9.17, 15) is 0 Å². The molecule has 1 saturated heterocycles. The summed E-state index contributed by atoms with van der Waals surface area (Å²) in [5.74, 6) is 2.66. The minimum atomic E-state index is 0.433. The average Bonchev–Trinajstić information content (AvgIpc) is 3.17. The van der Waals surface area contributed by atoms with E-state index in [1.807, 2.05) is 6.20 Å².